The molecule has 0 spiro atoms. The molecule has 0 aliphatic heterocycles. The molecule has 6 nitrogen and oxygen atoms in total. The lowest BCUT2D eigenvalue weighted by Crippen LogP contribution is -2.30. The van der Waals surface area contributed by atoms with Crippen LogP contribution >= 0.6 is 0 Å². The van der Waals surface area contributed by atoms with Crippen LogP contribution in [0, 0.1) is 0 Å². The molecule has 0 heterocycles. The largest absolute Gasteiger partial charge is 0.462 e. The third kappa shape index (κ3) is 59.6. The van der Waals surface area contributed by atoms with Crippen molar-refractivity contribution >= 4 is 17.9 Å². The molecular weight excluding hydrogens is 901 g/mol. The monoisotopic (exact) mass is 1020 g/mol. The molecule has 0 rings (SSSR count). The summed E-state index contributed by atoms with van der Waals surface area (Å²) in [4.78, 5) is 38.3. The van der Waals surface area contributed by atoms with Gasteiger partial charge in [-0.15, -0.1) is 0 Å². The molecule has 0 saturated heterocycles. The number of rotatable bonds is 57. The molecular formula is C67H118O6. The summed E-state index contributed by atoms with van der Waals surface area (Å²) in [5, 5.41) is 0. The second kappa shape index (κ2) is 61.4. The quantitative estimate of drug-likeness (QED) is 0.0261. The Bertz CT molecular complexity index is 1360. The molecule has 0 aromatic rings. The van der Waals surface area contributed by atoms with Crippen LogP contribution in [0.3, 0.4) is 0 Å². The van der Waals surface area contributed by atoms with Gasteiger partial charge in [0.2, 0.25) is 0 Å². The van der Waals surface area contributed by atoms with Crippen LogP contribution in [-0.2, 0) is 28.6 Å². The SMILES string of the molecule is CC/C=C\C/C=C\C/C=C\C/C=C\CCCCC(=O)OCC(COC(=O)CCCCCCCCCCCCCCCCCCCCCCC)OC(=O)CCCCCCCCCCC/C=C\C/C=C\CCCCC. The third-order valence-electron chi connectivity index (χ3n) is 13.7. The standard InChI is InChI=1S/C67H118O6/c1-4-7-10-13-16-19-22-25-28-30-32-33-35-36-39-42-45-48-51-54-57-60-66(69)72-63-64(62-71-65(68)59-56-53-50-47-44-41-38-27-24-21-18-15-12-9-6-3)73-67(70)61-58-55-52-49-46-43-40-37-34-31-29-26-23-20-17-14-11-8-5-2/h9,12,17-18,20-21,26-27,29,38,44,47,64H,4-8,10-11,13-16,19,22-25,28,30-37,39-43,45-46,48-63H2,1-3H3/b12-9-,20-17-,21-18-,29-26-,38-27-,47-44-. The second-order valence-corrected chi connectivity index (χ2v) is 20.9. The first kappa shape index (κ1) is 69.8. The fraction of sp³-hybridized carbons (Fsp3) is 0.776. The molecule has 0 bridgehead atoms. The van der Waals surface area contributed by atoms with E-state index >= 15 is 0 Å². The Hall–Kier alpha value is -3.15. The number of carbonyl (C=O) groups excluding carboxylic acids is 3. The van der Waals surface area contributed by atoms with Crippen molar-refractivity contribution in [2.45, 2.75) is 322 Å². The molecule has 0 N–H and O–H groups in total. The van der Waals surface area contributed by atoms with Gasteiger partial charge in [-0.3, -0.25) is 14.4 Å². The van der Waals surface area contributed by atoms with Crippen molar-refractivity contribution in [2.75, 3.05) is 13.2 Å². The van der Waals surface area contributed by atoms with Gasteiger partial charge in [-0.2, -0.15) is 0 Å². The lowest BCUT2D eigenvalue weighted by atomic mass is 10.0. The van der Waals surface area contributed by atoms with Gasteiger partial charge in [0, 0.05) is 19.3 Å². The highest BCUT2D eigenvalue weighted by Crippen LogP contribution is 2.17. The van der Waals surface area contributed by atoms with Crippen molar-refractivity contribution in [2.24, 2.45) is 0 Å². The van der Waals surface area contributed by atoms with Crippen LogP contribution < -0.4 is 0 Å². The number of ether oxygens (including phenoxy) is 3. The van der Waals surface area contributed by atoms with Gasteiger partial charge in [0.15, 0.2) is 6.10 Å². The minimum Gasteiger partial charge on any atom is -0.462 e. The van der Waals surface area contributed by atoms with E-state index in [-0.39, 0.29) is 31.1 Å². The Morgan fingerprint density at radius 3 is 0.890 bits per heavy atom. The molecule has 73 heavy (non-hydrogen) atoms. The molecule has 0 aromatic heterocycles. The van der Waals surface area contributed by atoms with Gasteiger partial charge in [-0.05, 0) is 89.9 Å². The summed E-state index contributed by atoms with van der Waals surface area (Å²) in [7, 11) is 0. The molecule has 0 fully saturated rings. The van der Waals surface area contributed by atoms with Gasteiger partial charge in [0.05, 0.1) is 0 Å². The Labute approximate surface area is 453 Å². The molecule has 422 valence electrons. The Morgan fingerprint density at radius 2 is 0.534 bits per heavy atom. The first-order chi connectivity index (χ1) is 36.0. The van der Waals surface area contributed by atoms with Crippen LogP contribution in [0.25, 0.3) is 0 Å². The van der Waals surface area contributed by atoms with Crippen LogP contribution in [0.5, 0.6) is 0 Å². The normalized spacial score (nSPS) is 12.5. The first-order valence-electron chi connectivity index (χ1n) is 31.4. The lowest BCUT2D eigenvalue weighted by Gasteiger charge is -2.18. The Morgan fingerprint density at radius 1 is 0.288 bits per heavy atom. The summed E-state index contributed by atoms with van der Waals surface area (Å²) < 4.78 is 16.9. The molecule has 0 radical (unpaired) electrons. The smallest absolute Gasteiger partial charge is 0.306 e. The molecule has 1 atom stereocenters. The van der Waals surface area contributed by atoms with Crippen molar-refractivity contribution in [3.8, 4) is 0 Å². The number of hydrogen-bond acceptors (Lipinski definition) is 6. The van der Waals surface area contributed by atoms with Gasteiger partial charge >= 0.3 is 17.9 Å². The predicted octanol–water partition coefficient (Wildman–Crippen LogP) is 21.3. The van der Waals surface area contributed by atoms with Crippen LogP contribution in [0.15, 0.2) is 72.9 Å². The summed E-state index contributed by atoms with van der Waals surface area (Å²) in [5.74, 6) is -0.920. The van der Waals surface area contributed by atoms with Crippen LogP contribution in [-0.4, -0.2) is 37.2 Å². The van der Waals surface area contributed by atoms with Gasteiger partial charge < -0.3 is 14.2 Å². The minimum absolute atomic E-state index is 0.0875. The van der Waals surface area contributed by atoms with E-state index in [1.54, 1.807) is 0 Å². The lowest BCUT2D eigenvalue weighted by molar-refractivity contribution is -0.167. The summed E-state index contributed by atoms with van der Waals surface area (Å²) in [6.07, 6.45) is 79.1. The molecule has 0 amide bonds. The highest BCUT2D eigenvalue weighted by Gasteiger charge is 2.19. The maximum atomic E-state index is 12.9. The molecule has 0 aliphatic rings. The van der Waals surface area contributed by atoms with Crippen molar-refractivity contribution in [1.82, 2.24) is 0 Å². The average molecular weight is 1020 g/mol. The molecule has 0 aliphatic carbocycles. The van der Waals surface area contributed by atoms with E-state index in [4.69, 9.17) is 14.2 Å². The van der Waals surface area contributed by atoms with Crippen LogP contribution in [0.4, 0.5) is 0 Å². The maximum Gasteiger partial charge on any atom is 0.306 e. The molecule has 0 aromatic carbocycles. The Balaban J connectivity index is 4.37. The summed E-state index contributed by atoms with van der Waals surface area (Å²) in [6, 6.07) is 0. The maximum absolute atomic E-state index is 12.9. The topological polar surface area (TPSA) is 78.9 Å². The van der Waals surface area contributed by atoms with E-state index in [9.17, 15) is 14.4 Å². The fourth-order valence-corrected chi connectivity index (χ4v) is 9.00. The number of hydrogen-bond donors (Lipinski definition) is 0. The van der Waals surface area contributed by atoms with Crippen LogP contribution in [0.1, 0.15) is 316 Å². The van der Waals surface area contributed by atoms with E-state index in [0.717, 1.165) is 89.9 Å². The van der Waals surface area contributed by atoms with E-state index in [1.165, 1.54) is 186 Å². The number of allylic oxidation sites excluding steroid dienone is 12. The number of carbonyl (C=O) groups is 3. The van der Waals surface area contributed by atoms with Crippen molar-refractivity contribution in [1.29, 1.82) is 0 Å². The van der Waals surface area contributed by atoms with E-state index in [0.29, 0.717) is 19.3 Å². The zero-order valence-electron chi connectivity index (χ0n) is 48.4. The molecule has 1 unspecified atom stereocenters. The van der Waals surface area contributed by atoms with Gasteiger partial charge in [-0.1, -0.05) is 280 Å². The Kier molecular flexibility index (Phi) is 58.7. The van der Waals surface area contributed by atoms with Gasteiger partial charge in [-0.25, -0.2) is 0 Å². The first-order valence-corrected chi connectivity index (χ1v) is 31.4. The summed E-state index contributed by atoms with van der Waals surface area (Å²) in [6.45, 7) is 6.50. The van der Waals surface area contributed by atoms with Crippen molar-refractivity contribution in [3.63, 3.8) is 0 Å². The van der Waals surface area contributed by atoms with E-state index in [1.807, 2.05) is 0 Å². The zero-order valence-corrected chi connectivity index (χ0v) is 48.4. The highest BCUT2D eigenvalue weighted by atomic mass is 16.6. The second-order valence-electron chi connectivity index (χ2n) is 20.9. The highest BCUT2D eigenvalue weighted by molar-refractivity contribution is 5.71. The summed E-state index contributed by atoms with van der Waals surface area (Å²) >= 11 is 0. The van der Waals surface area contributed by atoms with Crippen molar-refractivity contribution in [3.05, 3.63) is 72.9 Å². The molecule has 0 saturated carbocycles. The summed E-state index contributed by atoms with van der Waals surface area (Å²) in [5.41, 5.74) is 0. The molecule has 6 heteroatoms. The van der Waals surface area contributed by atoms with Crippen molar-refractivity contribution < 1.29 is 28.6 Å². The minimum atomic E-state index is -0.794. The van der Waals surface area contributed by atoms with E-state index < -0.39 is 6.10 Å². The predicted molar refractivity (Wildman–Crippen MR) is 316 cm³/mol. The number of esters is 3. The number of unbranched alkanes of at least 4 members (excludes halogenated alkanes) is 34. The average Bonchev–Trinajstić information content (AvgIpc) is 3.39. The zero-order chi connectivity index (χ0) is 52.9. The third-order valence-corrected chi connectivity index (χ3v) is 13.7. The van der Waals surface area contributed by atoms with Gasteiger partial charge in [0.25, 0.3) is 0 Å². The van der Waals surface area contributed by atoms with Crippen LogP contribution in [0.2, 0.25) is 0 Å². The van der Waals surface area contributed by atoms with Gasteiger partial charge in [0.1, 0.15) is 13.2 Å². The van der Waals surface area contributed by atoms with E-state index in [2.05, 4.69) is 93.7 Å². The fourth-order valence-electron chi connectivity index (χ4n) is 9.00.